The second-order valence-corrected chi connectivity index (χ2v) is 9.64. The van der Waals surface area contributed by atoms with Crippen molar-refractivity contribution < 1.29 is 8.78 Å². The molecule has 1 aliphatic rings. The molecule has 35 heavy (non-hydrogen) atoms. The summed E-state index contributed by atoms with van der Waals surface area (Å²) in [4.78, 5) is 19.3. The Labute approximate surface area is 206 Å². The molecule has 0 atom stereocenters. The van der Waals surface area contributed by atoms with E-state index >= 15 is 0 Å². The molecule has 0 bridgehead atoms. The lowest BCUT2D eigenvalue weighted by Gasteiger charge is -2.22. The molecule has 0 amide bonds. The van der Waals surface area contributed by atoms with E-state index in [1.165, 1.54) is 28.8 Å². The lowest BCUT2D eigenvalue weighted by atomic mass is 10.1. The summed E-state index contributed by atoms with van der Waals surface area (Å²) in [5, 5.41) is 10.5. The van der Waals surface area contributed by atoms with Crippen molar-refractivity contribution in [3.05, 3.63) is 52.6 Å². The second-order valence-electron chi connectivity index (χ2n) is 8.76. The molecule has 0 saturated heterocycles. The number of nitrogens with zero attached hydrogens (tertiary/aromatic N) is 5. The Kier molecular flexibility index (Phi) is 5.96. The van der Waals surface area contributed by atoms with Crippen LogP contribution < -0.4 is 10.2 Å². The lowest BCUT2D eigenvalue weighted by molar-refractivity contribution is 0.577. The van der Waals surface area contributed by atoms with Crippen LogP contribution in [0, 0.1) is 32.4 Å². The van der Waals surface area contributed by atoms with Crippen molar-refractivity contribution in [3.8, 4) is 11.4 Å². The molecule has 1 aliphatic carbocycles. The Morgan fingerprint density at radius 2 is 1.74 bits per heavy atom. The number of thioether (sulfide) groups is 1. The molecule has 11 heteroatoms. The van der Waals surface area contributed by atoms with Crippen molar-refractivity contribution >= 4 is 35.0 Å². The summed E-state index contributed by atoms with van der Waals surface area (Å²) in [7, 11) is 1.56. The third kappa shape index (κ3) is 4.47. The summed E-state index contributed by atoms with van der Waals surface area (Å²) < 4.78 is 30.0. The van der Waals surface area contributed by atoms with Crippen LogP contribution in [-0.2, 0) is 0 Å². The van der Waals surface area contributed by atoms with Crippen molar-refractivity contribution in [3.63, 3.8) is 0 Å². The van der Waals surface area contributed by atoms with Gasteiger partial charge >= 0.3 is 0 Å². The number of rotatable bonds is 7. The van der Waals surface area contributed by atoms with Gasteiger partial charge in [0.05, 0.1) is 0 Å². The minimum absolute atomic E-state index is 0.147. The molecule has 182 valence electrons. The van der Waals surface area contributed by atoms with Crippen LogP contribution in [0.1, 0.15) is 41.5 Å². The number of aryl methyl sites for hydroxylation is 3. The largest absolute Gasteiger partial charge is 0.346 e. The van der Waals surface area contributed by atoms with Crippen LogP contribution in [0.3, 0.4) is 0 Å². The van der Waals surface area contributed by atoms with Crippen LogP contribution in [0.25, 0.3) is 11.4 Å². The van der Waals surface area contributed by atoms with Gasteiger partial charge in [-0.3, -0.25) is 5.10 Å². The number of halogens is 2. The number of hydrogen-bond donors (Lipinski definition) is 3. The highest BCUT2D eigenvalue weighted by atomic mass is 32.2. The molecule has 1 saturated carbocycles. The molecule has 5 rings (SSSR count). The third-order valence-corrected chi connectivity index (χ3v) is 6.67. The van der Waals surface area contributed by atoms with E-state index in [1.54, 1.807) is 13.3 Å². The molecule has 0 radical (unpaired) electrons. The maximum Gasteiger partial charge on any atom is 0.232 e. The van der Waals surface area contributed by atoms with Gasteiger partial charge in [-0.15, -0.1) is 11.8 Å². The van der Waals surface area contributed by atoms with Crippen molar-refractivity contribution in [2.45, 2.75) is 44.4 Å². The van der Waals surface area contributed by atoms with E-state index in [4.69, 9.17) is 9.97 Å². The van der Waals surface area contributed by atoms with E-state index in [0.717, 1.165) is 35.6 Å². The number of aromatic nitrogens is 6. The molecule has 0 spiro atoms. The van der Waals surface area contributed by atoms with Gasteiger partial charge in [-0.2, -0.15) is 10.1 Å². The van der Waals surface area contributed by atoms with Crippen LogP contribution in [0.2, 0.25) is 0 Å². The lowest BCUT2D eigenvalue weighted by Crippen LogP contribution is -2.18. The summed E-state index contributed by atoms with van der Waals surface area (Å²) in [5.74, 6) is 0.947. The van der Waals surface area contributed by atoms with Crippen LogP contribution in [-0.4, -0.2) is 43.4 Å². The fourth-order valence-corrected chi connectivity index (χ4v) is 4.61. The molecule has 3 heterocycles. The van der Waals surface area contributed by atoms with E-state index in [2.05, 4.69) is 25.5 Å². The minimum atomic E-state index is -0.683. The van der Waals surface area contributed by atoms with Crippen LogP contribution in [0.4, 0.5) is 32.1 Å². The summed E-state index contributed by atoms with van der Waals surface area (Å²) in [6.45, 7) is 5.72. The van der Waals surface area contributed by atoms with Crippen molar-refractivity contribution in [2.24, 2.45) is 0 Å². The number of nitrogens with one attached hydrogen (secondary N) is 3. The average molecular weight is 497 g/mol. The Balaban J connectivity index is 1.70. The van der Waals surface area contributed by atoms with Crippen LogP contribution in [0.15, 0.2) is 23.1 Å². The number of benzene rings is 1. The Morgan fingerprint density at radius 3 is 2.29 bits per heavy atom. The Hall–Kier alpha value is -3.47. The maximum absolute atomic E-state index is 15.0. The van der Waals surface area contributed by atoms with Crippen molar-refractivity contribution in [1.29, 1.82) is 0 Å². The van der Waals surface area contributed by atoms with Gasteiger partial charge in [-0.25, -0.2) is 18.7 Å². The maximum atomic E-state index is 15.0. The summed E-state index contributed by atoms with van der Waals surface area (Å²) in [6.07, 6.45) is 3.77. The monoisotopic (exact) mass is 496 g/mol. The normalized spacial score (nSPS) is 13.3. The van der Waals surface area contributed by atoms with Gasteiger partial charge in [0.2, 0.25) is 5.95 Å². The molecule has 8 nitrogen and oxygen atoms in total. The molecular formula is C24H26F2N8S. The summed E-state index contributed by atoms with van der Waals surface area (Å²) in [6, 6.07) is 4.49. The molecule has 0 unspecified atom stereocenters. The molecule has 4 aromatic rings. The quantitative estimate of drug-likeness (QED) is 0.274. The first-order chi connectivity index (χ1) is 16.7. The summed E-state index contributed by atoms with van der Waals surface area (Å²) >= 11 is 1.27. The van der Waals surface area contributed by atoms with E-state index in [9.17, 15) is 8.78 Å². The fourth-order valence-electron chi connectivity index (χ4n) is 4.17. The Morgan fingerprint density at radius 1 is 1.03 bits per heavy atom. The first kappa shape index (κ1) is 23.3. The predicted molar refractivity (Wildman–Crippen MR) is 134 cm³/mol. The number of anilines is 4. The molecule has 3 N–H and O–H groups in total. The first-order valence-electron chi connectivity index (χ1n) is 11.3. The zero-order chi connectivity index (χ0) is 24.9. The Bertz CT molecular complexity index is 1390. The average Bonchev–Trinajstić information content (AvgIpc) is 3.48. The smallest absolute Gasteiger partial charge is 0.232 e. The number of H-pyrrole nitrogens is 2. The van der Waals surface area contributed by atoms with Gasteiger partial charge in [0.25, 0.3) is 0 Å². The van der Waals surface area contributed by atoms with Gasteiger partial charge in [0, 0.05) is 35.0 Å². The standard InChI is InChI=1S/C24H26F2N8S/c1-11-8-18(33-32-11)29-23-19(14-6-7-14)21(20-12(2)27-13(3)28-20)30-24(31-23)34(4)22-16(25)9-15(35-5)10-17(22)26/h8-10,14H,6-7H2,1-5H3,(H,27,28)(H2,29,30,31,32,33). The molecule has 0 aliphatic heterocycles. The zero-order valence-corrected chi connectivity index (χ0v) is 20.9. The third-order valence-electron chi connectivity index (χ3n) is 5.96. The number of aromatic amines is 2. The molecule has 1 aromatic carbocycles. The molecule has 1 fully saturated rings. The van der Waals surface area contributed by atoms with Crippen LogP contribution >= 0.6 is 11.8 Å². The topological polar surface area (TPSA) is 98.4 Å². The minimum Gasteiger partial charge on any atom is -0.346 e. The second kappa shape index (κ2) is 8.95. The highest BCUT2D eigenvalue weighted by molar-refractivity contribution is 7.98. The molecular weight excluding hydrogens is 470 g/mol. The van der Waals surface area contributed by atoms with E-state index < -0.39 is 11.6 Å². The van der Waals surface area contributed by atoms with E-state index in [1.807, 2.05) is 26.8 Å². The van der Waals surface area contributed by atoms with Crippen molar-refractivity contribution in [2.75, 3.05) is 23.5 Å². The van der Waals surface area contributed by atoms with Gasteiger partial charge in [-0.05, 0) is 57.9 Å². The summed E-state index contributed by atoms with van der Waals surface area (Å²) in [5.41, 5.74) is 3.80. The fraction of sp³-hybridized carbons (Fsp3) is 0.333. The number of imidazole rings is 1. The van der Waals surface area contributed by atoms with Gasteiger partial charge < -0.3 is 15.2 Å². The SMILES string of the molecule is CSc1cc(F)c(N(C)c2nc(Nc3cc(C)[nH]n3)c(C3CC3)c(-c3nc(C)[nH]c3C)n2)c(F)c1. The van der Waals surface area contributed by atoms with E-state index in [-0.39, 0.29) is 17.6 Å². The van der Waals surface area contributed by atoms with Gasteiger partial charge in [0.15, 0.2) is 17.5 Å². The first-order valence-corrected chi connectivity index (χ1v) is 12.5. The van der Waals surface area contributed by atoms with Crippen molar-refractivity contribution in [1.82, 2.24) is 30.1 Å². The highest BCUT2D eigenvalue weighted by Crippen LogP contribution is 2.48. The van der Waals surface area contributed by atoms with Gasteiger partial charge in [0.1, 0.15) is 28.7 Å². The highest BCUT2D eigenvalue weighted by Gasteiger charge is 2.34. The number of hydrogen-bond acceptors (Lipinski definition) is 7. The van der Waals surface area contributed by atoms with E-state index in [0.29, 0.717) is 27.9 Å². The molecule has 3 aromatic heterocycles. The van der Waals surface area contributed by atoms with Gasteiger partial charge in [-0.1, -0.05) is 0 Å². The van der Waals surface area contributed by atoms with Crippen LogP contribution in [0.5, 0.6) is 0 Å². The zero-order valence-electron chi connectivity index (χ0n) is 20.1. The predicted octanol–water partition coefficient (Wildman–Crippen LogP) is 5.90.